The van der Waals surface area contributed by atoms with E-state index in [2.05, 4.69) is 18.1 Å². The molecule has 0 radical (unpaired) electrons. The number of hydrogen-bond donors (Lipinski definition) is 6. The van der Waals surface area contributed by atoms with Crippen LogP contribution in [0.15, 0.2) is 6.20 Å². The third-order valence-corrected chi connectivity index (χ3v) is 8.46. The molecule has 172 valence electrons. The highest BCUT2D eigenvalue weighted by Gasteiger charge is 2.45. The predicted molar refractivity (Wildman–Crippen MR) is 104 cm³/mol. The molecule has 2 rings (SSSR count). The standard InChI is InChI=1S/C11H19N2O12P3S2/c1-5-3-13(11(30)12-9(5)29)10-6(2)8(14)7(23-10)4-22-27(18,19)25-28(20,21)24-26(15,16)17/h3,6-8,10,14H,4H2,1-2H3,(H,18,19)(H,20,21)(H,12,29,30)(H2,15,16,17)/t6-,7+,8?,10+/m1/s1. The van der Waals surface area contributed by atoms with Gasteiger partial charge >= 0.3 is 23.5 Å². The van der Waals surface area contributed by atoms with Gasteiger partial charge in [0.05, 0.1) is 12.7 Å². The number of aromatic nitrogens is 2. The van der Waals surface area contributed by atoms with Crippen LogP contribution in [0.5, 0.6) is 0 Å². The SMILES string of the molecule is Cc1cn([C@H]2O[C@@H](COP(=O)(O)OP(=O)(O)OP(=O)(O)O)C(O)[C@H]2C)c(=S)[nH]c1=S. The first kappa shape index (κ1) is 26.1. The number of nitrogens with one attached hydrogen (secondary N) is 1. The summed E-state index contributed by atoms with van der Waals surface area (Å²) in [7, 11) is -16.5. The van der Waals surface area contributed by atoms with Crippen LogP contribution in [0.1, 0.15) is 18.7 Å². The molecule has 1 aliphatic heterocycles. The quantitative estimate of drug-likeness (QED) is 0.210. The molecular formula is C11H19N2O12P3S2. The minimum Gasteiger partial charge on any atom is -0.390 e. The summed E-state index contributed by atoms with van der Waals surface area (Å²) in [6, 6.07) is 0. The van der Waals surface area contributed by atoms with Gasteiger partial charge in [-0.15, -0.1) is 0 Å². The lowest BCUT2D eigenvalue weighted by molar-refractivity contribution is -0.0461. The fourth-order valence-electron chi connectivity index (χ4n) is 2.59. The van der Waals surface area contributed by atoms with Crippen molar-refractivity contribution in [3.8, 4) is 0 Å². The van der Waals surface area contributed by atoms with Crippen molar-refractivity contribution in [2.75, 3.05) is 6.61 Å². The second kappa shape index (κ2) is 9.38. The van der Waals surface area contributed by atoms with Gasteiger partial charge in [-0.05, 0) is 19.1 Å². The van der Waals surface area contributed by atoms with E-state index in [0.717, 1.165) is 0 Å². The molecule has 2 heterocycles. The molecule has 0 bridgehead atoms. The molecule has 1 aliphatic rings. The van der Waals surface area contributed by atoms with Crippen molar-refractivity contribution >= 4 is 47.9 Å². The molecule has 0 saturated carbocycles. The number of aliphatic hydroxyl groups excluding tert-OH is 1. The maximum absolute atomic E-state index is 11.8. The monoisotopic (exact) mass is 528 g/mol. The Morgan fingerprint density at radius 2 is 1.77 bits per heavy atom. The van der Waals surface area contributed by atoms with Crippen LogP contribution in [-0.4, -0.2) is 53.0 Å². The van der Waals surface area contributed by atoms with E-state index in [1.165, 1.54) is 4.57 Å². The zero-order valence-corrected chi connectivity index (χ0v) is 19.6. The molecule has 3 unspecified atom stereocenters. The number of rotatable bonds is 8. The fourth-order valence-corrected chi connectivity index (χ4v) is 6.10. The Kier molecular flexibility index (Phi) is 8.16. The summed E-state index contributed by atoms with van der Waals surface area (Å²) >= 11 is 10.3. The third kappa shape index (κ3) is 6.92. The van der Waals surface area contributed by atoms with Gasteiger partial charge in [-0.3, -0.25) is 9.09 Å². The van der Waals surface area contributed by atoms with Crippen LogP contribution in [-0.2, 0) is 31.6 Å². The molecule has 19 heteroatoms. The van der Waals surface area contributed by atoms with E-state index in [4.69, 9.17) is 43.9 Å². The Balaban J connectivity index is 2.09. The number of aliphatic hydroxyl groups is 1. The lowest BCUT2D eigenvalue weighted by atomic mass is 10.0. The topological polar surface area (TPSA) is 210 Å². The van der Waals surface area contributed by atoms with E-state index in [1.807, 2.05) is 0 Å². The van der Waals surface area contributed by atoms with E-state index >= 15 is 0 Å². The van der Waals surface area contributed by atoms with Gasteiger partial charge in [-0.2, -0.15) is 8.62 Å². The Morgan fingerprint density at radius 3 is 2.33 bits per heavy atom. The lowest BCUT2D eigenvalue weighted by Crippen LogP contribution is -2.29. The van der Waals surface area contributed by atoms with Gasteiger partial charge in [0.15, 0.2) is 4.77 Å². The van der Waals surface area contributed by atoms with Crippen LogP contribution in [0.25, 0.3) is 0 Å². The second-order valence-corrected chi connectivity index (χ2v) is 11.5. The van der Waals surface area contributed by atoms with Crippen molar-refractivity contribution in [3.05, 3.63) is 21.2 Å². The Bertz CT molecular complexity index is 1050. The minimum absolute atomic E-state index is 0.211. The van der Waals surface area contributed by atoms with Crippen LogP contribution in [0.4, 0.5) is 0 Å². The van der Waals surface area contributed by atoms with Crippen molar-refractivity contribution in [2.45, 2.75) is 32.3 Å². The number of H-pyrrole nitrogens is 1. The van der Waals surface area contributed by atoms with E-state index in [1.54, 1.807) is 20.0 Å². The summed E-state index contributed by atoms with van der Waals surface area (Å²) in [5.74, 6) is -0.560. The van der Waals surface area contributed by atoms with Gasteiger partial charge in [0.25, 0.3) is 0 Å². The molecule has 0 aromatic carbocycles. The highest BCUT2D eigenvalue weighted by molar-refractivity contribution is 7.72. The zero-order valence-electron chi connectivity index (χ0n) is 15.3. The fraction of sp³-hybridized carbons (Fsp3) is 0.636. The molecular weight excluding hydrogens is 509 g/mol. The first-order chi connectivity index (χ1) is 13.5. The first-order valence-electron chi connectivity index (χ1n) is 7.95. The van der Waals surface area contributed by atoms with Crippen LogP contribution >= 0.6 is 47.9 Å². The number of nitrogens with zero attached hydrogens (tertiary/aromatic N) is 1. The van der Waals surface area contributed by atoms with Crippen molar-refractivity contribution in [3.63, 3.8) is 0 Å². The second-order valence-electron chi connectivity index (χ2n) is 6.28. The van der Waals surface area contributed by atoms with Crippen LogP contribution < -0.4 is 0 Å². The third-order valence-electron chi connectivity index (χ3n) is 3.92. The molecule has 1 fully saturated rings. The van der Waals surface area contributed by atoms with Crippen molar-refractivity contribution in [2.24, 2.45) is 5.92 Å². The molecule has 6 atom stereocenters. The average Bonchev–Trinajstić information content (AvgIpc) is 2.81. The van der Waals surface area contributed by atoms with Crippen LogP contribution in [0.2, 0.25) is 0 Å². The summed E-state index contributed by atoms with van der Waals surface area (Å²) in [5, 5.41) is 10.4. The zero-order chi connectivity index (χ0) is 23.1. The minimum atomic E-state index is -5.64. The normalized spacial score (nSPS) is 28.8. The summed E-state index contributed by atoms with van der Waals surface area (Å²) < 4.78 is 53.3. The number of aryl methyl sites for hydroxylation is 1. The van der Waals surface area contributed by atoms with Crippen molar-refractivity contribution < 1.29 is 56.3 Å². The lowest BCUT2D eigenvalue weighted by Gasteiger charge is -2.20. The number of phosphoric ester groups is 1. The average molecular weight is 528 g/mol. The molecule has 30 heavy (non-hydrogen) atoms. The van der Waals surface area contributed by atoms with Crippen molar-refractivity contribution in [1.82, 2.24) is 9.55 Å². The first-order valence-corrected chi connectivity index (χ1v) is 13.3. The number of hydrogen-bond acceptors (Lipinski definition) is 10. The van der Waals surface area contributed by atoms with Gasteiger partial charge in [-0.1, -0.05) is 19.1 Å². The number of aromatic amines is 1. The number of ether oxygens (including phenoxy) is 1. The van der Waals surface area contributed by atoms with E-state index in [0.29, 0.717) is 10.2 Å². The van der Waals surface area contributed by atoms with Gasteiger partial charge in [0.1, 0.15) is 17.0 Å². The van der Waals surface area contributed by atoms with E-state index < -0.39 is 54.4 Å². The maximum Gasteiger partial charge on any atom is 0.490 e. The van der Waals surface area contributed by atoms with Crippen molar-refractivity contribution in [1.29, 1.82) is 0 Å². The Morgan fingerprint density at radius 1 is 1.17 bits per heavy atom. The molecule has 1 aromatic heterocycles. The van der Waals surface area contributed by atoms with E-state index in [-0.39, 0.29) is 4.77 Å². The Hall–Kier alpha value is -0.150. The van der Waals surface area contributed by atoms with E-state index in [9.17, 15) is 23.7 Å². The summed E-state index contributed by atoms with van der Waals surface area (Å²) in [6.45, 7) is 2.58. The van der Waals surface area contributed by atoms with Gasteiger partial charge < -0.3 is 34.4 Å². The van der Waals surface area contributed by atoms with Gasteiger partial charge in [-0.25, -0.2) is 13.7 Å². The highest BCUT2D eigenvalue weighted by atomic mass is 32.1. The number of phosphoric acid groups is 3. The molecule has 14 nitrogen and oxygen atoms in total. The highest BCUT2D eigenvalue weighted by Crippen LogP contribution is 2.66. The molecule has 1 saturated heterocycles. The maximum atomic E-state index is 11.8. The molecule has 6 N–H and O–H groups in total. The Labute approximate surface area is 179 Å². The summed E-state index contributed by atoms with van der Waals surface area (Å²) in [4.78, 5) is 38.5. The molecule has 0 spiro atoms. The molecule has 1 aromatic rings. The predicted octanol–water partition coefficient (Wildman–Crippen LogP) is 1.82. The van der Waals surface area contributed by atoms with Crippen LogP contribution in [0.3, 0.4) is 0 Å². The summed E-state index contributed by atoms with van der Waals surface area (Å²) in [5.41, 5.74) is 0.681. The van der Waals surface area contributed by atoms with Crippen LogP contribution in [0, 0.1) is 22.3 Å². The van der Waals surface area contributed by atoms with Gasteiger partial charge in [0.2, 0.25) is 0 Å². The summed E-state index contributed by atoms with van der Waals surface area (Å²) in [6.07, 6.45) is -1.57. The smallest absolute Gasteiger partial charge is 0.390 e. The molecule has 0 aliphatic carbocycles. The van der Waals surface area contributed by atoms with Gasteiger partial charge in [0, 0.05) is 17.7 Å². The largest absolute Gasteiger partial charge is 0.490 e. The molecule has 0 amide bonds.